The Morgan fingerprint density at radius 2 is 1.87 bits per heavy atom. The number of aromatic nitrogens is 2. The number of Topliss-reactive ketones (excluding diaryl/α,β-unsaturated/α-hetero) is 1. The first kappa shape index (κ1) is 27.1. The van der Waals surface area contributed by atoms with Gasteiger partial charge in [-0.2, -0.15) is 0 Å². The minimum atomic E-state index is -0.559. The molecule has 5 rings (SSSR count). The molecular weight excluding hydrogens is 510 g/mol. The molecule has 3 aromatic rings. The van der Waals surface area contributed by atoms with Crippen LogP contribution >= 0.6 is 11.8 Å². The number of nitrogens with zero attached hydrogens (tertiary/aromatic N) is 1. The van der Waals surface area contributed by atoms with Crippen molar-refractivity contribution in [2.75, 3.05) is 18.2 Å². The standard InChI is InChI=1S/C31H35N3O4S/c1-5-6-14-39-30-33-28-27(29(36)34-30)25(26-21(32-28)16-31(2,3)17-22(26)35)20-12-13-23(37-4)24(15-20)38-18-19-10-8-7-9-11-19/h7-13,15,25H,5-6,14,16-18H2,1-4H3,(H2,32,33,34,36). The molecule has 1 aromatic heterocycles. The zero-order valence-corrected chi connectivity index (χ0v) is 23.7. The summed E-state index contributed by atoms with van der Waals surface area (Å²) in [4.78, 5) is 35.0. The van der Waals surface area contributed by atoms with Gasteiger partial charge in [-0.3, -0.25) is 9.59 Å². The van der Waals surface area contributed by atoms with Crippen molar-refractivity contribution in [2.24, 2.45) is 5.41 Å². The van der Waals surface area contributed by atoms with E-state index in [0.717, 1.165) is 35.4 Å². The average molecular weight is 546 g/mol. The molecule has 0 bridgehead atoms. The maximum absolute atomic E-state index is 13.6. The second-order valence-corrected chi connectivity index (χ2v) is 12.0. The maximum Gasteiger partial charge on any atom is 0.257 e. The first-order chi connectivity index (χ1) is 18.8. The second-order valence-electron chi connectivity index (χ2n) is 10.9. The molecule has 0 radical (unpaired) electrons. The van der Waals surface area contributed by atoms with Crippen LogP contribution in [0.15, 0.2) is 69.8 Å². The first-order valence-corrected chi connectivity index (χ1v) is 14.4. The fourth-order valence-electron chi connectivity index (χ4n) is 5.33. The smallest absolute Gasteiger partial charge is 0.257 e. The van der Waals surface area contributed by atoms with Gasteiger partial charge >= 0.3 is 0 Å². The SMILES string of the molecule is CCCCSc1nc2c(c(=O)[nH]1)C(c1ccc(OC)c(OCc3ccccc3)c1)C1=C(CC(C)(C)CC1=O)N2. The molecule has 2 heterocycles. The van der Waals surface area contributed by atoms with Gasteiger partial charge in [-0.1, -0.05) is 75.4 Å². The van der Waals surface area contributed by atoms with Crippen LogP contribution < -0.4 is 20.3 Å². The minimum Gasteiger partial charge on any atom is -0.493 e. The molecule has 0 amide bonds. The van der Waals surface area contributed by atoms with E-state index in [0.29, 0.717) is 53.1 Å². The van der Waals surface area contributed by atoms with Gasteiger partial charge in [-0.05, 0) is 41.5 Å². The number of methoxy groups -OCH3 is 1. The Bertz CT molecular complexity index is 1460. The number of hydrogen-bond donors (Lipinski definition) is 2. The van der Waals surface area contributed by atoms with Crippen molar-refractivity contribution in [2.45, 2.75) is 64.1 Å². The highest BCUT2D eigenvalue weighted by molar-refractivity contribution is 7.99. The van der Waals surface area contributed by atoms with E-state index >= 15 is 0 Å². The summed E-state index contributed by atoms with van der Waals surface area (Å²) in [5.41, 5.74) is 3.35. The Morgan fingerprint density at radius 3 is 2.62 bits per heavy atom. The summed E-state index contributed by atoms with van der Waals surface area (Å²) in [6.07, 6.45) is 3.23. The van der Waals surface area contributed by atoms with Crippen molar-refractivity contribution >= 4 is 23.4 Å². The molecule has 7 nitrogen and oxygen atoms in total. The Balaban J connectivity index is 1.60. The van der Waals surface area contributed by atoms with Gasteiger partial charge in [0.15, 0.2) is 22.4 Å². The summed E-state index contributed by atoms with van der Waals surface area (Å²) in [6.45, 7) is 6.70. The largest absolute Gasteiger partial charge is 0.493 e. The third-order valence-electron chi connectivity index (χ3n) is 7.20. The van der Waals surface area contributed by atoms with Crippen LogP contribution in [0.5, 0.6) is 11.5 Å². The maximum atomic E-state index is 13.6. The summed E-state index contributed by atoms with van der Waals surface area (Å²) >= 11 is 1.54. The van der Waals surface area contributed by atoms with Crippen LogP contribution in [0.2, 0.25) is 0 Å². The number of ether oxygens (including phenoxy) is 2. The number of hydrogen-bond acceptors (Lipinski definition) is 7. The van der Waals surface area contributed by atoms with Gasteiger partial charge in [0.2, 0.25) is 0 Å². The summed E-state index contributed by atoms with van der Waals surface area (Å²) in [5.74, 6) is 2.03. The Morgan fingerprint density at radius 1 is 1.08 bits per heavy atom. The number of carbonyl (C=O) groups excluding carboxylic acids is 1. The lowest BCUT2D eigenvalue weighted by Gasteiger charge is -2.38. The third kappa shape index (κ3) is 5.76. The molecule has 8 heteroatoms. The van der Waals surface area contributed by atoms with E-state index in [1.807, 2.05) is 48.5 Å². The number of allylic oxidation sites excluding steroid dienone is 2. The molecule has 2 N–H and O–H groups in total. The zero-order valence-electron chi connectivity index (χ0n) is 22.9. The number of benzene rings is 2. The Kier molecular flexibility index (Phi) is 7.84. The van der Waals surface area contributed by atoms with Gasteiger partial charge in [0.05, 0.1) is 12.7 Å². The zero-order chi connectivity index (χ0) is 27.6. The Labute approximate surface area is 233 Å². The van der Waals surface area contributed by atoms with Crippen molar-refractivity contribution in [3.63, 3.8) is 0 Å². The minimum absolute atomic E-state index is 0.0489. The number of carbonyl (C=O) groups is 1. The number of anilines is 1. The van der Waals surface area contributed by atoms with Gasteiger partial charge in [0.25, 0.3) is 5.56 Å². The summed E-state index contributed by atoms with van der Waals surface area (Å²) in [5, 5.41) is 3.99. The molecule has 1 unspecified atom stereocenters. The molecule has 204 valence electrons. The first-order valence-electron chi connectivity index (χ1n) is 13.4. The van der Waals surface area contributed by atoms with Crippen LogP contribution in [0, 0.1) is 5.41 Å². The number of H-pyrrole nitrogens is 1. The van der Waals surface area contributed by atoms with Crippen LogP contribution in [0.4, 0.5) is 5.82 Å². The van der Waals surface area contributed by atoms with E-state index in [1.54, 1.807) is 18.9 Å². The number of aromatic amines is 1. The highest BCUT2D eigenvalue weighted by Crippen LogP contribution is 2.48. The number of nitrogens with one attached hydrogen (secondary N) is 2. The molecule has 2 aromatic carbocycles. The second kappa shape index (κ2) is 11.3. The molecule has 1 atom stereocenters. The average Bonchev–Trinajstić information content (AvgIpc) is 2.90. The molecule has 0 spiro atoms. The number of thioether (sulfide) groups is 1. The van der Waals surface area contributed by atoms with Crippen LogP contribution in [0.1, 0.15) is 69.1 Å². The number of ketones is 1. The van der Waals surface area contributed by atoms with Gasteiger partial charge in [-0.15, -0.1) is 0 Å². The van der Waals surface area contributed by atoms with E-state index in [-0.39, 0.29) is 16.8 Å². The lowest BCUT2D eigenvalue weighted by atomic mass is 9.69. The highest BCUT2D eigenvalue weighted by atomic mass is 32.2. The van der Waals surface area contributed by atoms with Crippen LogP contribution in [-0.2, 0) is 11.4 Å². The Hall–Kier alpha value is -3.52. The van der Waals surface area contributed by atoms with Crippen molar-refractivity contribution in [1.82, 2.24) is 9.97 Å². The fraction of sp³-hybridized carbons (Fsp3) is 0.387. The molecule has 39 heavy (non-hydrogen) atoms. The van der Waals surface area contributed by atoms with Crippen molar-refractivity contribution < 1.29 is 14.3 Å². The summed E-state index contributed by atoms with van der Waals surface area (Å²) in [7, 11) is 1.60. The fourth-order valence-corrected chi connectivity index (χ4v) is 6.28. The van der Waals surface area contributed by atoms with Crippen LogP contribution in [0.3, 0.4) is 0 Å². The van der Waals surface area contributed by atoms with E-state index < -0.39 is 5.92 Å². The van der Waals surface area contributed by atoms with Gasteiger partial charge in [0.1, 0.15) is 12.4 Å². The van der Waals surface area contributed by atoms with Gasteiger partial charge < -0.3 is 19.8 Å². The molecule has 1 aliphatic heterocycles. The van der Waals surface area contributed by atoms with E-state index in [4.69, 9.17) is 14.5 Å². The molecule has 1 aliphatic carbocycles. The quantitative estimate of drug-likeness (QED) is 0.181. The number of fused-ring (bicyclic) bond motifs is 1. The van der Waals surface area contributed by atoms with Crippen molar-refractivity contribution in [3.05, 3.63) is 86.8 Å². The topological polar surface area (TPSA) is 93.3 Å². The predicted molar refractivity (Wildman–Crippen MR) is 155 cm³/mol. The summed E-state index contributed by atoms with van der Waals surface area (Å²) < 4.78 is 11.8. The van der Waals surface area contributed by atoms with Gasteiger partial charge in [0, 0.05) is 29.4 Å². The van der Waals surface area contributed by atoms with Crippen molar-refractivity contribution in [3.8, 4) is 11.5 Å². The predicted octanol–water partition coefficient (Wildman–Crippen LogP) is 6.45. The molecule has 0 fully saturated rings. The number of unbranched alkanes of at least 4 members (excludes halogenated alkanes) is 1. The normalized spacial score (nSPS) is 17.7. The van der Waals surface area contributed by atoms with Crippen LogP contribution in [-0.4, -0.2) is 28.6 Å². The number of rotatable bonds is 9. The van der Waals surface area contributed by atoms with E-state index in [2.05, 4.69) is 31.1 Å². The third-order valence-corrected chi connectivity index (χ3v) is 8.15. The molecular formula is C31H35N3O4S. The molecule has 0 saturated heterocycles. The summed E-state index contributed by atoms with van der Waals surface area (Å²) in [6, 6.07) is 15.5. The lowest BCUT2D eigenvalue weighted by Crippen LogP contribution is -2.37. The molecule has 0 saturated carbocycles. The highest BCUT2D eigenvalue weighted by Gasteiger charge is 2.42. The van der Waals surface area contributed by atoms with Crippen molar-refractivity contribution in [1.29, 1.82) is 0 Å². The van der Waals surface area contributed by atoms with E-state index in [9.17, 15) is 9.59 Å². The van der Waals surface area contributed by atoms with Gasteiger partial charge in [-0.25, -0.2) is 4.98 Å². The molecule has 2 aliphatic rings. The van der Waals surface area contributed by atoms with E-state index in [1.165, 1.54) is 0 Å². The monoisotopic (exact) mass is 545 g/mol. The van der Waals surface area contributed by atoms with Crippen LogP contribution in [0.25, 0.3) is 0 Å². The lowest BCUT2D eigenvalue weighted by molar-refractivity contribution is -0.118.